The fourth-order valence-corrected chi connectivity index (χ4v) is 2.30. The van der Waals surface area contributed by atoms with Crippen molar-refractivity contribution < 1.29 is 4.39 Å². The number of nitrogens with two attached hydrogens (primary N) is 1. The molecule has 0 atom stereocenters. The Morgan fingerprint density at radius 1 is 1.33 bits per heavy atom. The van der Waals surface area contributed by atoms with E-state index in [1.54, 1.807) is 18.5 Å². The van der Waals surface area contributed by atoms with Gasteiger partial charge in [-0.1, -0.05) is 12.1 Å². The Balaban J connectivity index is 2.15. The first kappa shape index (κ1) is 13.3. The summed E-state index contributed by atoms with van der Waals surface area (Å²) < 4.78 is 13.3. The minimum atomic E-state index is -0.269. The third kappa shape index (κ3) is 2.50. The summed E-state index contributed by atoms with van der Waals surface area (Å²) in [6.07, 6.45) is 3.51. The van der Waals surface area contributed by atoms with Crippen LogP contribution < -0.4 is 5.73 Å². The molecule has 3 rings (SSSR count). The molecule has 0 amide bonds. The SMILES string of the molecule is CCN=C(N)c1c[nH]c2ncc(-c3cccc(F)c3)cc12. The second-order valence-electron chi connectivity index (χ2n) is 4.69. The van der Waals surface area contributed by atoms with E-state index in [0.717, 1.165) is 27.7 Å². The maximum Gasteiger partial charge on any atom is 0.138 e. The van der Waals surface area contributed by atoms with Crippen molar-refractivity contribution in [3.8, 4) is 11.1 Å². The zero-order chi connectivity index (χ0) is 14.8. The summed E-state index contributed by atoms with van der Waals surface area (Å²) in [6, 6.07) is 8.38. The van der Waals surface area contributed by atoms with E-state index < -0.39 is 0 Å². The number of rotatable bonds is 3. The molecule has 0 radical (unpaired) electrons. The Morgan fingerprint density at radius 3 is 2.95 bits per heavy atom. The van der Waals surface area contributed by atoms with Crippen LogP contribution in [0.1, 0.15) is 12.5 Å². The van der Waals surface area contributed by atoms with Gasteiger partial charge in [0.25, 0.3) is 0 Å². The van der Waals surface area contributed by atoms with Gasteiger partial charge in [-0.05, 0) is 30.7 Å². The number of amidine groups is 1. The number of aromatic nitrogens is 2. The Labute approximate surface area is 121 Å². The summed E-state index contributed by atoms with van der Waals surface area (Å²) in [5, 5.41) is 0.881. The number of aliphatic imine (C=N–C) groups is 1. The van der Waals surface area contributed by atoms with Crippen molar-refractivity contribution in [1.29, 1.82) is 0 Å². The van der Waals surface area contributed by atoms with Crippen LogP contribution in [0.2, 0.25) is 0 Å². The molecule has 0 bridgehead atoms. The first-order valence-electron chi connectivity index (χ1n) is 6.72. The van der Waals surface area contributed by atoms with Crippen molar-refractivity contribution in [2.75, 3.05) is 6.54 Å². The summed E-state index contributed by atoms with van der Waals surface area (Å²) in [4.78, 5) is 11.7. The zero-order valence-corrected chi connectivity index (χ0v) is 11.6. The number of H-pyrrole nitrogens is 1. The Kier molecular flexibility index (Phi) is 3.39. The number of benzene rings is 1. The summed E-state index contributed by atoms with van der Waals surface area (Å²) in [6.45, 7) is 2.55. The van der Waals surface area contributed by atoms with E-state index in [1.807, 2.05) is 19.1 Å². The van der Waals surface area contributed by atoms with Crippen LogP contribution >= 0.6 is 0 Å². The monoisotopic (exact) mass is 282 g/mol. The molecule has 106 valence electrons. The van der Waals surface area contributed by atoms with Gasteiger partial charge in [0.2, 0.25) is 0 Å². The Hall–Kier alpha value is -2.69. The van der Waals surface area contributed by atoms with Crippen LogP contribution in [-0.2, 0) is 0 Å². The van der Waals surface area contributed by atoms with Crippen LogP contribution in [0.3, 0.4) is 0 Å². The van der Waals surface area contributed by atoms with E-state index in [0.29, 0.717) is 12.4 Å². The van der Waals surface area contributed by atoms with E-state index in [9.17, 15) is 4.39 Å². The normalized spacial score (nSPS) is 12.0. The van der Waals surface area contributed by atoms with E-state index >= 15 is 0 Å². The van der Waals surface area contributed by atoms with Crippen molar-refractivity contribution in [3.05, 3.63) is 54.1 Å². The molecule has 3 N–H and O–H groups in total. The van der Waals surface area contributed by atoms with Gasteiger partial charge in [0.05, 0.1) is 0 Å². The number of fused-ring (bicyclic) bond motifs is 1. The van der Waals surface area contributed by atoms with Gasteiger partial charge >= 0.3 is 0 Å². The van der Waals surface area contributed by atoms with Crippen LogP contribution in [0.5, 0.6) is 0 Å². The lowest BCUT2D eigenvalue weighted by Gasteiger charge is -2.03. The average molecular weight is 282 g/mol. The van der Waals surface area contributed by atoms with Crippen LogP contribution in [0.25, 0.3) is 22.2 Å². The number of aromatic amines is 1. The van der Waals surface area contributed by atoms with Gasteiger partial charge in [-0.2, -0.15) is 0 Å². The van der Waals surface area contributed by atoms with Gasteiger partial charge in [0.1, 0.15) is 17.3 Å². The van der Waals surface area contributed by atoms with E-state index in [2.05, 4.69) is 15.0 Å². The number of hydrogen-bond donors (Lipinski definition) is 2. The molecule has 1 aromatic carbocycles. The van der Waals surface area contributed by atoms with Crippen LogP contribution in [0.15, 0.2) is 47.7 Å². The summed E-state index contributed by atoms with van der Waals surface area (Å²) >= 11 is 0. The maximum atomic E-state index is 13.3. The van der Waals surface area contributed by atoms with Gasteiger partial charge in [0.15, 0.2) is 0 Å². The van der Waals surface area contributed by atoms with Crippen molar-refractivity contribution in [2.45, 2.75) is 6.92 Å². The Morgan fingerprint density at radius 2 is 2.19 bits per heavy atom. The average Bonchev–Trinajstić information content (AvgIpc) is 2.90. The number of hydrogen-bond acceptors (Lipinski definition) is 2. The molecular weight excluding hydrogens is 267 g/mol. The van der Waals surface area contributed by atoms with Crippen molar-refractivity contribution in [3.63, 3.8) is 0 Å². The van der Waals surface area contributed by atoms with Crippen molar-refractivity contribution in [1.82, 2.24) is 9.97 Å². The van der Waals surface area contributed by atoms with Gasteiger partial charge in [-0.3, -0.25) is 4.99 Å². The standard InChI is InChI=1S/C16H15FN4/c1-2-19-15(18)14-9-21-16-13(14)7-11(8-20-16)10-4-3-5-12(17)6-10/h3-9H,2H2,1H3,(H2,18,19)(H,20,21). The third-order valence-electron chi connectivity index (χ3n) is 3.29. The molecule has 3 aromatic rings. The lowest BCUT2D eigenvalue weighted by Crippen LogP contribution is -2.13. The predicted octanol–water partition coefficient (Wildman–Crippen LogP) is 3.09. The van der Waals surface area contributed by atoms with E-state index in [1.165, 1.54) is 12.1 Å². The summed E-state index contributed by atoms with van der Waals surface area (Å²) in [5.74, 6) is 0.205. The molecule has 21 heavy (non-hydrogen) atoms. The van der Waals surface area contributed by atoms with Crippen LogP contribution in [0, 0.1) is 5.82 Å². The highest BCUT2D eigenvalue weighted by atomic mass is 19.1. The van der Waals surface area contributed by atoms with Gasteiger partial charge < -0.3 is 10.7 Å². The Bertz CT molecular complexity index is 820. The summed E-state index contributed by atoms with van der Waals surface area (Å²) in [7, 11) is 0. The van der Waals surface area contributed by atoms with E-state index in [-0.39, 0.29) is 5.82 Å². The number of nitrogens with zero attached hydrogens (tertiary/aromatic N) is 2. The highest BCUT2D eigenvalue weighted by Gasteiger charge is 2.10. The number of nitrogens with one attached hydrogen (secondary N) is 1. The van der Waals surface area contributed by atoms with E-state index in [4.69, 9.17) is 5.73 Å². The minimum absolute atomic E-state index is 0.269. The third-order valence-corrected chi connectivity index (χ3v) is 3.29. The van der Waals surface area contributed by atoms with Gasteiger partial charge in [-0.15, -0.1) is 0 Å². The molecule has 0 unspecified atom stereocenters. The zero-order valence-electron chi connectivity index (χ0n) is 11.6. The number of pyridine rings is 1. The number of halogens is 1. The highest BCUT2D eigenvalue weighted by molar-refractivity contribution is 6.08. The second-order valence-corrected chi connectivity index (χ2v) is 4.69. The quantitative estimate of drug-likeness (QED) is 0.572. The largest absolute Gasteiger partial charge is 0.383 e. The summed E-state index contributed by atoms with van der Waals surface area (Å²) in [5.41, 5.74) is 9.14. The fourth-order valence-electron chi connectivity index (χ4n) is 2.30. The molecule has 0 spiro atoms. The van der Waals surface area contributed by atoms with Crippen molar-refractivity contribution in [2.24, 2.45) is 10.7 Å². The molecule has 2 aromatic heterocycles. The first-order valence-corrected chi connectivity index (χ1v) is 6.72. The molecule has 0 saturated carbocycles. The van der Waals surface area contributed by atoms with Crippen LogP contribution in [0.4, 0.5) is 4.39 Å². The molecule has 2 heterocycles. The lowest BCUT2D eigenvalue weighted by atomic mass is 10.1. The molecule has 0 saturated heterocycles. The molecule has 4 nitrogen and oxygen atoms in total. The molecule has 0 fully saturated rings. The lowest BCUT2D eigenvalue weighted by molar-refractivity contribution is 0.628. The minimum Gasteiger partial charge on any atom is -0.383 e. The van der Waals surface area contributed by atoms with Gasteiger partial charge in [-0.25, -0.2) is 9.37 Å². The molecule has 0 aliphatic rings. The second kappa shape index (κ2) is 5.36. The van der Waals surface area contributed by atoms with Gasteiger partial charge in [0, 0.05) is 35.5 Å². The van der Waals surface area contributed by atoms with Crippen LogP contribution in [-0.4, -0.2) is 22.3 Å². The molecule has 0 aliphatic carbocycles. The first-order chi connectivity index (χ1) is 10.2. The predicted molar refractivity (Wildman–Crippen MR) is 82.8 cm³/mol. The topological polar surface area (TPSA) is 67.1 Å². The molecule has 5 heteroatoms. The maximum absolute atomic E-state index is 13.3. The molecule has 0 aliphatic heterocycles. The van der Waals surface area contributed by atoms with Crippen molar-refractivity contribution >= 4 is 16.9 Å². The highest BCUT2D eigenvalue weighted by Crippen LogP contribution is 2.25. The fraction of sp³-hybridized carbons (Fsp3) is 0.125. The molecular formula is C16H15FN4. The smallest absolute Gasteiger partial charge is 0.138 e.